The number of anilines is 2. The summed E-state index contributed by atoms with van der Waals surface area (Å²) in [5.74, 6) is 2.47. The summed E-state index contributed by atoms with van der Waals surface area (Å²) in [4.78, 5) is 17.3. The van der Waals surface area contributed by atoms with Crippen molar-refractivity contribution in [3.8, 4) is 28.7 Å². The van der Waals surface area contributed by atoms with Gasteiger partial charge in [-0.2, -0.15) is 0 Å². The summed E-state index contributed by atoms with van der Waals surface area (Å²) in [6, 6.07) is 7.97. The molecule has 2 aromatic carbocycles. The molecule has 0 bridgehead atoms. The van der Waals surface area contributed by atoms with Gasteiger partial charge in [-0.05, 0) is 64.2 Å². The molecule has 0 radical (unpaired) electrons. The Kier molecular flexibility index (Phi) is 8.78. The van der Waals surface area contributed by atoms with Crippen molar-refractivity contribution < 1.29 is 28.5 Å². The van der Waals surface area contributed by atoms with E-state index in [0.717, 1.165) is 53.0 Å². The predicted molar refractivity (Wildman–Crippen MR) is 157 cm³/mol. The lowest BCUT2D eigenvalue weighted by Crippen LogP contribution is -2.37. The van der Waals surface area contributed by atoms with Gasteiger partial charge in [-0.3, -0.25) is 0 Å². The number of thiazole rings is 1. The largest absolute Gasteiger partial charge is 0.494 e. The number of nitrogen functional groups attached to an aromatic ring is 2. The van der Waals surface area contributed by atoms with Crippen molar-refractivity contribution in [1.82, 2.24) is 4.98 Å². The second-order valence-electron chi connectivity index (χ2n) is 10.2. The molecule has 0 aliphatic carbocycles. The van der Waals surface area contributed by atoms with Gasteiger partial charge in [0.1, 0.15) is 17.2 Å². The third-order valence-corrected chi connectivity index (χ3v) is 7.94. The molecule has 1 aliphatic rings. The van der Waals surface area contributed by atoms with Crippen LogP contribution >= 0.6 is 11.3 Å². The van der Waals surface area contributed by atoms with Crippen LogP contribution in [0, 0.1) is 6.92 Å². The molecule has 3 aromatic rings. The van der Waals surface area contributed by atoms with E-state index in [-0.39, 0.29) is 0 Å². The molecule has 1 atom stereocenters. The monoisotopic (exact) mass is 567 g/mol. The number of carbonyl (C=O) groups excluding carboxylic acids is 1. The van der Waals surface area contributed by atoms with E-state index in [4.69, 9.17) is 35.2 Å². The zero-order chi connectivity index (χ0) is 29.0. The Morgan fingerprint density at radius 3 is 2.45 bits per heavy atom. The van der Waals surface area contributed by atoms with Crippen molar-refractivity contribution in [3.63, 3.8) is 0 Å². The highest BCUT2D eigenvalue weighted by Gasteiger charge is 2.37. The van der Waals surface area contributed by atoms with Gasteiger partial charge in [-0.15, -0.1) is 0 Å². The van der Waals surface area contributed by atoms with Gasteiger partial charge in [-0.1, -0.05) is 30.0 Å². The van der Waals surface area contributed by atoms with Crippen LogP contribution in [-0.2, 0) is 17.6 Å². The number of methoxy groups -OCH3 is 2. The number of rotatable bonds is 11. The van der Waals surface area contributed by atoms with E-state index >= 15 is 0 Å². The van der Waals surface area contributed by atoms with E-state index in [1.807, 2.05) is 31.2 Å². The summed E-state index contributed by atoms with van der Waals surface area (Å²) in [6.45, 7) is 9.82. The minimum absolute atomic E-state index is 0.298. The fraction of sp³-hybridized carbons (Fsp3) is 0.400. The first kappa shape index (κ1) is 29.1. The van der Waals surface area contributed by atoms with Gasteiger partial charge >= 0.3 is 5.97 Å². The fourth-order valence-corrected chi connectivity index (χ4v) is 5.59. The number of aromatic nitrogens is 1. The SMILES string of the molecule is C=C(C)C(=O)Oc1c(C)c2c(c(OC)c1OC)OC(C)(CCCOc1ccc(Cc3sc(N)nc3N)cc1)CC2. The van der Waals surface area contributed by atoms with Gasteiger partial charge in [0.15, 0.2) is 16.6 Å². The maximum absolute atomic E-state index is 12.3. The van der Waals surface area contributed by atoms with Gasteiger partial charge in [0.2, 0.25) is 11.5 Å². The molecule has 4 N–H and O–H groups in total. The van der Waals surface area contributed by atoms with E-state index in [9.17, 15) is 4.79 Å². The quantitative estimate of drug-likeness (QED) is 0.131. The number of carbonyl (C=O) groups is 1. The van der Waals surface area contributed by atoms with Crippen LogP contribution in [0.5, 0.6) is 28.7 Å². The molecule has 10 heteroatoms. The Labute approximate surface area is 239 Å². The molecule has 0 saturated heterocycles. The first-order chi connectivity index (χ1) is 19.0. The van der Waals surface area contributed by atoms with Gasteiger partial charge < -0.3 is 35.2 Å². The number of fused-ring (bicyclic) bond motifs is 1. The summed E-state index contributed by atoms with van der Waals surface area (Å²) in [6.07, 6.45) is 3.81. The minimum atomic E-state index is -0.519. The van der Waals surface area contributed by atoms with Crippen molar-refractivity contribution in [1.29, 1.82) is 0 Å². The number of hydrogen-bond donors (Lipinski definition) is 2. The maximum atomic E-state index is 12.3. The zero-order valence-electron chi connectivity index (χ0n) is 23.7. The van der Waals surface area contributed by atoms with Crippen LogP contribution in [0.25, 0.3) is 0 Å². The number of nitrogens with zero attached hydrogens (tertiary/aromatic N) is 1. The smallest absolute Gasteiger partial charge is 0.338 e. The van der Waals surface area contributed by atoms with Gasteiger partial charge in [-0.25, -0.2) is 9.78 Å². The number of nitrogens with two attached hydrogens (primary N) is 2. The second kappa shape index (κ2) is 12.1. The normalized spacial score (nSPS) is 16.0. The molecule has 0 amide bonds. The molecular formula is C30H37N3O6S. The molecule has 4 rings (SSSR count). The Bertz CT molecular complexity index is 1400. The second-order valence-corrected chi connectivity index (χ2v) is 11.3. The molecule has 1 aromatic heterocycles. The Hall–Kier alpha value is -3.92. The average Bonchev–Trinajstić information content (AvgIpc) is 3.24. The highest BCUT2D eigenvalue weighted by atomic mass is 32.1. The van der Waals surface area contributed by atoms with Crippen LogP contribution in [0.2, 0.25) is 0 Å². The molecule has 2 heterocycles. The average molecular weight is 568 g/mol. The van der Waals surface area contributed by atoms with E-state index < -0.39 is 11.6 Å². The predicted octanol–water partition coefficient (Wildman–Crippen LogP) is 5.65. The Morgan fingerprint density at radius 1 is 1.15 bits per heavy atom. The number of ether oxygens (including phenoxy) is 5. The highest BCUT2D eigenvalue weighted by Crippen LogP contribution is 2.53. The fourth-order valence-electron chi connectivity index (χ4n) is 4.80. The molecule has 214 valence electrons. The van der Waals surface area contributed by atoms with Crippen LogP contribution in [0.1, 0.15) is 54.7 Å². The molecule has 9 nitrogen and oxygen atoms in total. The molecule has 0 spiro atoms. The van der Waals surface area contributed by atoms with Crippen LogP contribution < -0.4 is 35.2 Å². The van der Waals surface area contributed by atoms with Gasteiger partial charge in [0, 0.05) is 23.1 Å². The third-order valence-electron chi connectivity index (χ3n) is 7.04. The number of benzene rings is 2. The zero-order valence-corrected chi connectivity index (χ0v) is 24.5. The summed E-state index contributed by atoms with van der Waals surface area (Å²) < 4.78 is 29.5. The van der Waals surface area contributed by atoms with Gasteiger partial charge in [0.25, 0.3) is 0 Å². The number of hydrogen-bond acceptors (Lipinski definition) is 10. The molecular weight excluding hydrogens is 530 g/mol. The van der Waals surface area contributed by atoms with Crippen LogP contribution in [-0.4, -0.2) is 37.4 Å². The lowest BCUT2D eigenvalue weighted by molar-refractivity contribution is -0.130. The summed E-state index contributed by atoms with van der Waals surface area (Å²) in [5.41, 5.74) is 14.4. The topological polar surface area (TPSA) is 128 Å². The first-order valence-corrected chi connectivity index (χ1v) is 13.9. The van der Waals surface area contributed by atoms with Crippen molar-refractivity contribution in [3.05, 3.63) is 58.0 Å². The lowest BCUT2D eigenvalue weighted by Gasteiger charge is -2.38. The standard InChI is InChI=1S/C30H37N3O6S/c1-17(2)28(34)38-23-18(3)21-12-14-30(4,39-24(21)26(36-6)25(23)35-5)13-7-15-37-20-10-8-19(9-11-20)16-22-27(31)33-29(32)40-22/h8-11H,1,7,12-16,31H2,2-6H3,(H2,32,33). The van der Waals surface area contributed by atoms with E-state index in [0.29, 0.717) is 52.5 Å². The summed E-state index contributed by atoms with van der Waals surface area (Å²) in [7, 11) is 3.06. The first-order valence-electron chi connectivity index (χ1n) is 13.1. The van der Waals surface area contributed by atoms with Gasteiger partial charge in [0.05, 0.1) is 25.7 Å². The Balaban J connectivity index is 1.38. The van der Waals surface area contributed by atoms with Crippen molar-refractivity contribution in [2.75, 3.05) is 32.3 Å². The van der Waals surface area contributed by atoms with Crippen LogP contribution in [0.4, 0.5) is 10.9 Å². The highest BCUT2D eigenvalue weighted by molar-refractivity contribution is 7.15. The number of esters is 1. The molecule has 1 unspecified atom stereocenters. The minimum Gasteiger partial charge on any atom is -0.494 e. The molecule has 0 saturated carbocycles. The van der Waals surface area contributed by atoms with Crippen LogP contribution in [0.3, 0.4) is 0 Å². The van der Waals surface area contributed by atoms with Crippen molar-refractivity contribution in [2.45, 2.75) is 58.5 Å². The Morgan fingerprint density at radius 2 is 1.85 bits per heavy atom. The van der Waals surface area contributed by atoms with E-state index in [1.54, 1.807) is 14.0 Å². The molecule has 40 heavy (non-hydrogen) atoms. The summed E-state index contributed by atoms with van der Waals surface area (Å²) in [5, 5.41) is 0.480. The third kappa shape index (κ3) is 6.28. The maximum Gasteiger partial charge on any atom is 0.338 e. The van der Waals surface area contributed by atoms with E-state index in [2.05, 4.69) is 18.5 Å². The van der Waals surface area contributed by atoms with Crippen LogP contribution in [0.15, 0.2) is 36.4 Å². The molecule has 1 aliphatic heterocycles. The van der Waals surface area contributed by atoms with Crippen molar-refractivity contribution in [2.24, 2.45) is 0 Å². The van der Waals surface area contributed by atoms with E-state index in [1.165, 1.54) is 18.4 Å². The lowest BCUT2D eigenvalue weighted by atomic mass is 9.86. The molecule has 0 fully saturated rings. The summed E-state index contributed by atoms with van der Waals surface area (Å²) >= 11 is 1.41. The van der Waals surface area contributed by atoms with Crippen molar-refractivity contribution >= 4 is 28.3 Å².